The first-order valence-electron chi connectivity index (χ1n) is 14.2. The van der Waals surface area contributed by atoms with Crippen LogP contribution in [0, 0.1) is 0 Å². The van der Waals surface area contributed by atoms with Gasteiger partial charge in [-0.1, -0.05) is 127 Å². The van der Waals surface area contributed by atoms with Crippen LogP contribution < -0.4 is 0 Å². The molecule has 1 heteroatoms. The van der Waals surface area contributed by atoms with Crippen LogP contribution in [0.2, 0.25) is 0 Å². The molecule has 0 spiro atoms. The molecule has 190 valence electrons. The summed E-state index contributed by atoms with van der Waals surface area (Å²) in [4.78, 5) is 0. The Bertz CT molecular complexity index is 2390. The maximum Gasteiger partial charge on any atom is 0.0620 e. The van der Waals surface area contributed by atoms with Crippen molar-refractivity contribution in [1.29, 1.82) is 0 Å². The Labute approximate surface area is 237 Å². The van der Waals surface area contributed by atoms with E-state index in [-0.39, 0.29) is 0 Å². The number of hydrogen-bond donors (Lipinski definition) is 0. The molecule has 0 amide bonds. The van der Waals surface area contributed by atoms with E-state index in [1.165, 1.54) is 76.4 Å². The monoisotopic (exact) mass is 519 g/mol. The van der Waals surface area contributed by atoms with Crippen molar-refractivity contribution in [3.05, 3.63) is 152 Å². The summed E-state index contributed by atoms with van der Waals surface area (Å²) in [6.07, 6.45) is 0. The standard InChI is InChI=1S/C40H25N/c1-2-8-26(9-3-1)28-20-22-33(23-21-28)41-37(32-19-16-27-10-4-5-11-31(27)24-32)25-36-34-14-6-12-29-17-18-30-13-7-15-35(40(36)41)39(30)38(29)34/h1-25H. The number of hydrogen-bond acceptors (Lipinski definition) is 0. The Hall–Kier alpha value is -5.40. The van der Waals surface area contributed by atoms with Crippen molar-refractivity contribution in [2.24, 2.45) is 0 Å². The topological polar surface area (TPSA) is 4.93 Å². The average Bonchev–Trinajstić information content (AvgIpc) is 3.45. The molecular weight excluding hydrogens is 494 g/mol. The lowest BCUT2D eigenvalue weighted by Crippen LogP contribution is -1.98. The summed E-state index contributed by atoms with van der Waals surface area (Å²) < 4.78 is 2.48. The molecule has 41 heavy (non-hydrogen) atoms. The van der Waals surface area contributed by atoms with E-state index in [9.17, 15) is 0 Å². The van der Waals surface area contributed by atoms with Crippen molar-refractivity contribution >= 4 is 54.0 Å². The van der Waals surface area contributed by atoms with Crippen LogP contribution >= 0.6 is 0 Å². The summed E-state index contributed by atoms with van der Waals surface area (Å²) in [7, 11) is 0. The zero-order valence-corrected chi connectivity index (χ0v) is 22.4. The Morgan fingerprint density at radius 1 is 0.341 bits per heavy atom. The lowest BCUT2D eigenvalue weighted by atomic mass is 9.92. The minimum Gasteiger partial charge on any atom is -0.309 e. The summed E-state index contributed by atoms with van der Waals surface area (Å²) in [5, 5.41) is 11.7. The fourth-order valence-electron chi connectivity index (χ4n) is 6.82. The van der Waals surface area contributed by atoms with Gasteiger partial charge in [0.25, 0.3) is 0 Å². The van der Waals surface area contributed by atoms with Gasteiger partial charge in [0.05, 0.1) is 11.2 Å². The fraction of sp³-hybridized carbons (Fsp3) is 0. The Kier molecular flexibility index (Phi) is 4.67. The van der Waals surface area contributed by atoms with Crippen molar-refractivity contribution in [3.63, 3.8) is 0 Å². The second kappa shape index (κ2) is 8.55. The Balaban J connectivity index is 1.42. The molecular formula is C40H25N. The molecule has 0 aliphatic rings. The number of benzene rings is 8. The molecule has 0 fully saturated rings. The molecule has 0 aliphatic carbocycles. The molecule has 0 radical (unpaired) electrons. The van der Waals surface area contributed by atoms with Gasteiger partial charge in [-0.05, 0) is 78.7 Å². The number of aromatic nitrogens is 1. The first-order valence-corrected chi connectivity index (χ1v) is 14.2. The molecule has 0 unspecified atom stereocenters. The van der Waals surface area contributed by atoms with Crippen LogP contribution in [0.15, 0.2) is 152 Å². The zero-order chi connectivity index (χ0) is 26.9. The summed E-state index contributed by atoms with van der Waals surface area (Å²) in [5.41, 5.74) is 7.30. The highest BCUT2D eigenvalue weighted by atomic mass is 15.0. The van der Waals surface area contributed by atoms with Crippen LogP contribution in [0.1, 0.15) is 0 Å². The normalized spacial score (nSPS) is 11.9. The number of nitrogens with zero attached hydrogens (tertiary/aromatic N) is 1. The largest absolute Gasteiger partial charge is 0.309 e. The van der Waals surface area contributed by atoms with Crippen LogP contribution in [-0.4, -0.2) is 4.57 Å². The molecule has 8 aromatic carbocycles. The summed E-state index contributed by atoms with van der Waals surface area (Å²) in [6, 6.07) is 55.5. The van der Waals surface area contributed by atoms with Crippen molar-refractivity contribution in [1.82, 2.24) is 4.57 Å². The SMILES string of the molecule is c1ccc(-c2ccc(-n3c(-c4ccc5ccccc5c4)cc4c5cccc6ccc7cccc(c7c65)c43)cc2)cc1. The smallest absolute Gasteiger partial charge is 0.0620 e. The lowest BCUT2D eigenvalue weighted by molar-refractivity contribution is 1.14. The maximum atomic E-state index is 2.48. The summed E-state index contributed by atoms with van der Waals surface area (Å²) >= 11 is 0. The van der Waals surface area contributed by atoms with E-state index in [1.54, 1.807) is 0 Å². The van der Waals surface area contributed by atoms with E-state index in [1.807, 2.05) is 0 Å². The van der Waals surface area contributed by atoms with Crippen molar-refractivity contribution in [2.45, 2.75) is 0 Å². The highest BCUT2D eigenvalue weighted by molar-refractivity contribution is 6.33. The van der Waals surface area contributed by atoms with E-state index >= 15 is 0 Å². The minimum atomic E-state index is 1.16. The Morgan fingerprint density at radius 2 is 0.927 bits per heavy atom. The third-order valence-electron chi connectivity index (χ3n) is 8.71. The van der Waals surface area contributed by atoms with Crippen molar-refractivity contribution in [2.75, 3.05) is 0 Å². The van der Waals surface area contributed by atoms with Gasteiger partial charge >= 0.3 is 0 Å². The van der Waals surface area contributed by atoms with Gasteiger partial charge < -0.3 is 4.57 Å². The quantitative estimate of drug-likeness (QED) is 0.205. The molecule has 1 nitrogen and oxygen atoms in total. The molecule has 0 bridgehead atoms. The molecule has 0 aliphatic heterocycles. The third-order valence-corrected chi connectivity index (χ3v) is 8.71. The summed E-state index contributed by atoms with van der Waals surface area (Å²) in [5.74, 6) is 0. The molecule has 0 atom stereocenters. The number of fused-ring (bicyclic) bond motifs is 4. The van der Waals surface area contributed by atoms with E-state index in [0.29, 0.717) is 0 Å². The predicted molar refractivity (Wildman–Crippen MR) is 175 cm³/mol. The summed E-state index contributed by atoms with van der Waals surface area (Å²) in [6.45, 7) is 0. The molecule has 0 saturated carbocycles. The van der Waals surface area contributed by atoms with Crippen LogP contribution in [0.5, 0.6) is 0 Å². The molecule has 9 rings (SSSR count). The van der Waals surface area contributed by atoms with Crippen LogP contribution in [0.25, 0.3) is 82.1 Å². The predicted octanol–water partition coefficient (Wildman–Crippen LogP) is 11.0. The van der Waals surface area contributed by atoms with Crippen LogP contribution in [0.3, 0.4) is 0 Å². The molecule has 9 aromatic rings. The lowest BCUT2D eigenvalue weighted by Gasteiger charge is -2.16. The number of rotatable bonds is 3. The van der Waals surface area contributed by atoms with Gasteiger partial charge in [-0.3, -0.25) is 0 Å². The molecule has 0 N–H and O–H groups in total. The highest BCUT2D eigenvalue weighted by Gasteiger charge is 2.20. The second-order valence-electron chi connectivity index (χ2n) is 11.0. The van der Waals surface area contributed by atoms with E-state index < -0.39 is 0 Å². The first-order chi connectivity index (χ1) is 20.3. The zero-order valence-electron chi connectivity index (χ0n) is 22.4. The molecule has 0 saturated heterocycles. The average molecular weight is 520 g/mol. The minimum absolute atomic E-state index is 1.16. The van der Waals surface area contributed by atoms with Gasteiger partial charge in [0.2, 0.25) is 0 Å². The van der Waals surface area contributed by atoms with Gasteiger partial charge in [0, 0.05) is 16.5 Å². The fourth-order valence-corrected chi connectivity index (χ4v) is 6.82. The van der Waals surface area contributed by atoms with Gasteiger partial charge in [-0.25, -0.2) is 0 Å². The van der Waals surface area contributed by atoms with Gasteiger partial charge in [0.1, 0.15) is 0 Å². The Morgan fingerprint density at radius 3 is 1.71 bits per heavy atom. The molecule has 1 aromatic heterocycles. The first kappa shape index (κ1) is 22.4. The highest BCUT2D eigenvalue weighted by Crippen LogP contribution is 2.44. The van der Waals surface area contributed by atoms with Gasteiger partial charge in [-0.2, -0.15) is 0 Å². The van der Waals surface area contributed by atoms with E-state index in [0.717, 1.165) is 5.69 Å². The van der Waals surface area contributed by atoms with Gasteiger partial charge in [0.15, 0.2) is 0 Å². The van der Waals surface area contributed by atoms with Crippen LogP contribution in [-0.2, 0) is 0 Å². The second-order valence-corrected chi connectivity index (χ2v) is 11.0. The third kappa shape index (κ3) is 3.30. The van der Waals surface area contributed by atoms with Crippen molar-refractivity contribution in [3.8, 4) is 28.1 Å². The van der Waals surface area contributed by atoms with Crippen LogP contribution in [0.4, 0.5) is 0 Å². The van der Waals surface area contributed by atoms with E-state index in [2.05, 4.69) is 156 Å². The maximum absolute atomic E-state index is 2.48. The van der Waals surface area contributed by atoms with E-state index in [4.69, 9.17) is 0 Å². The van der Waals surface area contributed by atoms with Gasteiger partial charge in [-0.15, -0.1) is 0 Å². The van der Waals surface area contributed by atoms with Crippen molar-refractivity contribution < 1.29 is 0 Å². The molecule has 1 heterocycles.